The maximum absolute atomic E-state index is 9.49. The summed E-state index contributed by atoms with van der Waals surface area (Å²) in [6, 6.07) is 12.9. The summed E-state index contributed by atoms with van der Waals surface area (Å²) in [5, 5.41) is 17.1. The molecule has 20 heavy (non-hydrogen) atoms. The van der Waals surface area contributed by atoms with E-state index in [1.165, 1.54) is 0 Å². The second-order valence-electron chi connectivity index (χ2n) is 5.38. The lowest BCUT2D eigenvalue weighted by Crippen LogP contribution is -2.50. The van der Waals surface area contributed by atoms with E-state index in [1.54, 1.807) is 11.0 Å². The van der Waals surface area contributed by atoms with E-state index in [1.807, 2.05) is 37.4 Å². The number of hydrogen-bond donors (Lipinski definition) is 1. The van der Waals surface area contributed by atoms with Gasteiger partial charge in [0.15, 0.2) is 5.82 Å². The normalized spacial score (nSPS) is 24.9. The van der Waals surface area contributed by atoms with Gasteiger partial charge in [-0.05, 0) is 18.4 Å². The molecule has 1 saturated carbocycles. The van der Waals surface area contributed by atoms with Crippen LogP contribution in [-0.2, 0) is 19.0 Å². The first-order chi connectivity index (χ1) is 9.72. The zero-order valence-corrected chi connectivity index (χ0v) is 11.5. The minimum Gasteiger partial charge on any atom is -0.307 e. The molecule has 0 bridgehead atoms. The minimum atomic E-state index is -0.323. The van der Waals surface area contributed by atoms with E-state index in [4.69, 9.17) is 0 Å². The molecule has 1 heterocycles. The summed E-state index contributed by atoms with van der Waals surface area (Å²) < 4.78 is 1.70. The summed E-state index contributed by atoms with van der Waals surface area (Å²) >= 11 is 0. The zero-order chi connectivity index (χ0) is 14.0. The number of nitriles is 1. The monoisotopic (exact) mass is 267 g/mol. The number of rotatable bonds is 4. The van der Waals surface area contributed by atoms with Crippen LogP contribution in [0.15, 0.2) is 36.7 Å². The Bertz CT molecular complexity index is 619. The van der Waals surface area contributed by atoms with Crippen molar-refractivity contribution in [3.05, 3.63) is 48.0 Å². The first-order valence-electron chi connectivity index (χ1n) is 6.76. The predicted octanol–water partition coefficient (Wildman–Crippen LogP) is 1.53. The maximum Gasteiger partial charge on any atom is 0.164 e. The van der Waals surface area contributed by atoms with E-state index >= 15 is 0 Å². The average molecular weight is 267 g/mol. The van der Waals surface area contributed by atoms with E-state index in [0.717, 1.165) is 24.2 Å². The minimum absolute atomic E-state index is 0.323. The lowest BCUT2D eigenvalue weighted by atomic mass is 9.62. The van der Waals surface area contributed by atoms with Crippen LogP contribution in [0.4, 0.5) is 0 Å². The highest BCUT2D eigenvalue weighted by Crippen LogP contribution is 2.43. The number of nitrogens with zero attached hydrogens (tertiary/aromatic N) is 4. The average Bonchev–Trinajstić information content (AvgIpc) is 2.85. The lowest BCUT2D eigenvalue weighted by molar-refractivity contribution is 0.224. The van der Waals surface area contributed by atoms with Crippen LogP contribution in [-0.4, -0.2) is 20.8 Å². The van der Waals surface area contributed by atoms with Crippen LogP contribution in [0.3, 0.4) is 0 Å². The van der Waals surface area contributed by atoms with Crippen molar-refractivity contribution in [2.75, 3.05) is 0 Å². The fourth-order valence-corrected chi connectivity index (χ4v) is 2.78. The van der Waals surface area contributed by atoms with Crippen molar-refractivity contribution in [1.29, 1.82) is 5.26 Å². The number of aryl methyl sites for hydroxylation is 1. The van der Waals surface area contributed by atoms with Crippen molar-refractivity contribution in [3.63, 3.8) is 0 Å². The third kappa shape index (κ3) is 2.30. The fraction of sp³-hybridized carbons (Fsp3) is 0.400. The molecule has 5 nitrogen and oxygen atoms in total. The second-order valence-corrected chi connectivity index (χ2v) is 5.38. The van der Waals surface area contributed by atoms with Gasteiger partial charge in [-0.1, -0.05) is 30.3 Å². The Kier molecular flexibility index (Phi) is 3.25. The van der Waals surface area contributed by atoms with Gasteiger partial charge in [-0.3, -0.25) is 4.68 Å². The van der Waals surface area contributed by atoms with E-state index in [0.29, 0.717) is 12.6 Å². The van der Waals surface area contributed by atoms with Gasteiger partial charge < -0.3 is 5.32 Å². The Morgan fingerprint density at radius 3 is 2.75 bits per heavy atom. The van der Waals surface area contributed by atoms with Gasteiger partial charge >= 0.3 is 0 Å². The molecule has 5 heteroatoms. The first-order valence-corrected chi connectivity index (χ1v) is 6.76. The molecule has 1 fully saturated rings. The maximum atomic E-state index is 9.49. The van der Waals surface area contributed by atoms with E-state index in [2.05, 4.69) is 21.5 Å². The van der Waals surface area contributed by atoms with Gasteiger partial charge in [0.05, 0.1) is 18.0 Å². The third-order valence-corrected chi connectivity index (χ3v) is 3.93. The Hall–Kier alpha value is -2.19. The summed E-state index contributed by atoms with van der Waals surface area (Å²) in [5.41, 5.74) is 0.799. The summed E-state index contributed by atoms with van der Waals surface area (Å²) in [6.45, 7) is 0.655. The van der Waals surface area contributed by atoms with Gasteiger partial charge in [-0.2, -0.15) is 10.4 Å². The van der Waals surface area contributed by atoms with Crippen molar-refractivity contribution in [2.45, 2.75) is 30.8 Å². The molecule has 1 aromatic carbocycles. The Morgan fingerprint density at radius 1 is 1.40 bits per heavy atom. The van der Waals surface area contributed by atoms with Crippen LogP contribution in [0.5, 0.6) is 0 Å². The quantitative estimate of drug-likeness (QED) is 0.912. The topological polar surface area (TPSA) is 66.5 Å². The van der Waals surface area contributed by atoms with Crippen molar-refractivity contribution >= 4 is 0 Å². The van der Waals surface area contributed by atoms with Crippen molar-refractivity contribution in [2.24, 2.45) is 7.05 Å². The predicted molar refractivity (Wildman–Crippen MR) is 74.6 cm³/mol. The standard InChI is InChI=1S/C15H17N5/c1-20-11-18-14(19-20)9-17-13-7-15(8-13,10-16)12-5-3-2-4-6-12/h2-6,11,13,17H,7-9H2,1H3. The van der Waals surface area contributed by atoms with Gasteiger partial charge in [0, 0.05) is 13.1 Å². The fourth-order valence-electron chi connectivity index (χ4n) is 2.78. The van der Waals surface area contributed by atoms with Gasteiger partial charge in [0.2, 0.25) is 0 Å². The largest absolute Gasteiger partial charge is 0.307 e. The molecular formula is C15H17N5. The summed E-state index contributed by atoms with van der Waals surface area (Å²) in [7, 11) is 1.86. The highest BCUT2D eigenvalue weighted by molar-refractivity contribution is 5.36. The van der Waals surface area contributed by atoms with Crippen molar-refractivity contribution in [1.82, 2.24) is 20.1 Å². The van der Waals surface area contributed by atoms with Gasteiger partial charge in [0.1, 0.15) is 6.33 Å². The third-order valence-electron chi connectivity index (χ3n) is 3.93. The molecule has 0 atom stereocenters. The van der Waals surface area contributed by atoms with Crippen LogP contribution in [0.25, 0.3) is 0 Å². The summed E-state index contributed by atoms with van der Waals surface area (Å²) in [6.07, 6.45) is 3.39. The zero-order valence-electron chi connectivity index (χ0n) is 11.5. The van der Waals surface area contributed by atoms with E-state index in [9.17, 15) is 5.26 Å². The molecule has 0 amide bonds. The van der Waals surface area contributed by atoms with Gasteiger partial charge in [-0.15, -0.1) is 0 Å². The summed E-state index contributed by atoms with van der Waals surface area (Å²) in [4.78, 5) is 4.19. The SMILES string of the molecule is Cn1cnc(CNC2CC(C#N)(c3ccccc3)C2)n1. The van der Waals surface area contributed by atoms with Crippen LogP contribution < -0.4 is 5.32 Å². The number of hydrogen-bond acceptors (Lipinski definition) is 4. The van der Waals surface area contributed by atoms with Crippen molar-refractivity contribution in [3.8, 4) is 6.07 Å². The molecular weight excluding hydrogens is 250 g/mol. The molecule has 1 aliphatic rings. The molecule has 1 N–H and O–H groups in total. The number of nitrogens with one attached hydrogen (secondary N) is 1. The van der Waals surface area contributed by atoms with Crippen molar-refractivity contribution < 1.29 is 0 Å². The Morgan fingerprint density at radius 2 is 2.15 bits per heavy atom. The molecule has 1 aromatic heterocycles. The lowest BCUT2D eigenvalue weighted by Gasteiger charge is -2.43. The molecule has 2 aromatic rings. The van der Waals surface area contributed by atoms with Crippen LogP contribution in [0.2, 0.25) is 0 Å². The molecule has 0 radical (unpaired) electrons. The molecule has 0 aliphatic heterocycles. The molecule has 1 aliphatic carbocycles. The van der Waals surface area contributed by atoms with E-state index < -0.39 is 0 Å². The number of aromatic nitrogens is 3. The van der Waals surface area contributed by atoms with Crippen LogP contribution >= 0.6 is 0 Å². The first kappa shape index (κ1) is 12.8. The van der Waals surface area contributed by atoms with Crippen LogP contribution in [0, 0.1) is 11.3 Å². The smallest absolute Gasteiger partial charge is 0.164 e. The highest BCUT2D eigenvalue weighted by atomic mass is 15.3. The second kappa shape index (κ2) is 5.06. The summed E-state index contributed by atoms with van der Waals surface area (Å²) in [5.74, 6) is 0.793. The molecule has 102 valence electrons. The van der Waals surface area contributed by atoms with Gasteiger partial charge in [0.25, 0.3) is 0 Å². The Balaban J connectivity index is 1.58. The van der Waals surface area contributed by atoms with Crippen LogP contribution in [0.1, 0.15) is 24.2 Å². The van der Waals surface area contributed by atoms with E-state index in [-0.39, 0.29) is 5.41 Å². The Labute approximate surface area is 118 Å². The molecule has 3 rings (SSSR count). The van der Waals surface area contributed by atoms with Gasteiger partial charge in [-0.25, -0.2) is 4.98 Å². The molecule has 0 spiro atoms. The highest BCUT2D eigenvalue weighted by Gasteiger charge is 2.45. The molecule has 0 unspecified atom stereocenters. The number of benzene rings is 1. The molecule has 0 saturated heterocycles.